The smallest absolute Gasteiger partial charge is 0.254 e. The number of piperazine rings is 1. The standard InChI is InChI=1S/C16H19N3O2S/c20-14(16(21)6-3-7-16)18-8-10-19(11-9-18)15-17-12-4-1-2-5-13(12)22-15/h1-2,4-5,21H,3,6-11H2. The van der Waals surface area contributed by atoms with E-state index in [4.69, 9.17) is 0 Å². The Morgan fingerprint density at radius 3 is 2.55 bits per heavy atom. The fourth-order valence-corrected chi connectivity index (χ4v) is 4.13. The predicted octanol–water partition coefficient (Wildman–Crippen LogP) is 1.86. The van der Waals surface area contributed by atoms with Crippen LogP contribution >= 0.6 is 11.3 Å². The number of nitrogens with zero attached hydrogens (tertiary/aromatic N) is 3. The third-order valence-electron chi connectivity index (χ3n) is 4.70. The van der Waals surface area contributed by atoms with Gasteiger partial charge in [-0.15, -0.1) is 0 Å². The van der Waals surface area contributed by atoms with Crippen molar-refractivity contribution in [2.75, 3.05) is 31.1 Å². The Balaban J connectivity index is 1.44. The Labute approximate surface area is 133 Å². The number of amides is 1. The maximum atomic E-state index is 12.3. The number of fused-ring (bicyclic) bond motifs is 1. The summed E-state index contributed by atoms with van der Waals surface area (Å²) in [7, 11) is 0. The molecule has 1 aliphatic heterocycles. The van der Waals surface area contributed by atoms with E-state index in [9.17, 15) is 9.90 Å². The number of carbonyl (C=O) groups is 1. The largest absolute Gasteiger partial charge is 0.380 e. The number of aliphatic hydroxyl groups is 1. The Morgan fingerprint density at radius 1 is 1.18 bits per heavy atom. The molecule has 1 saturated heterocycles. The van der Waals surface area contributed by atoms with Crippen LogP contribution in [0.5, 0.6) is 0 Å². The van der Waals surface area contributed by atoms with Crippen molar-refractivity contribution in [2.24, 2.45) is 0 Å². The van der Waals surface area contributed by atoms with Gasteiger partial charge in [-0.25, -0.2) is 4.98 Å². The van der Waals surface area contributed by atoms with Crippen molar-refractivity contribution in [2.45, 2.75) is 24.9 Å². The Hall–Kier alpha value is -1.66. The van der Waals surface area contributed by atoms with E-state index in [1.165, 1.54) is 4.70 Å². The Kier molecular flexibility index (Phi) is 3.31. The quantitative estimate of drug-likeness (QED) is 0.918. The van der Waals surface area contributed by atoms with Crippen molar-refractivity contribution in [1.29, 1.82) is 0 Å². The molecule has 1 N–H and O–H groups in total. The molecule has 2 heterocycles. The van der Waals surface area contributed by atoms with Crippen LogP contribution in [0.2, 0.25) is 0 Å². The fraction of sp³-hybridized carbons (Fsp3) is 0.500. The first-order valence-electron chi connectivity index (χ1n) is 7.78. The highest BCUT2D eigenvalue weighted by Crippen LogP contribution is 2.34. The molecule has 22 heavy (non-hydrogen) atoms. The van der Waals surface area contributed by atoms with E-state index in [0.717, 1.165) is 30.2 Å². The lowest BCUT2D eigenvalue weighted by Crippen LogP contribution is -2.58. The molecule has 2 fully saturated rings. The van der Waals surface area contributed by atoms with Gasteiger partial charge in [-0.05, 0) is 31.4 Å². The zero-order valence-electron chi connectivity index (χ0n) is 12.4. The zero-order chi connectivity index (χ0) is 15.2. The molecule has 0 unspecified atom stereocenters. The second-order valence-corrected chi connectivity index (χ2v) is 7.14. The molecule has 1 aliphatic carbocycles. The van der Waals surface area contributed by atoms with Gasteiger partial charge in [-0.2, -0.15) is 0 Å². The first-order chi connectivity index (χ1) is 10.7. The van der Waals surface area contributed by atoms with Gasteiger partial charge in [-0.3, -0.25) is 4.79 Å². The highest BCUT2D eigenvalue weighted by atomic mass is 32.1. The van der Waals surface area contributed by atoms with E-state index in [1.807, 2.05) is 23.1 Å². The first kappa shape index (κ1) is 14.0. The van der Waals surface area contributed by atoms with E-state index in [2.05, 4.69) is 16.0 Å². The molecule has 6 heteroatoms. The van der Waals surface area contributed by atoms with E-state index in [-0.39, 0.29) is 5.91 Å². The third-order valence-corrected chi connectivity index (χ3v) is 5.80. The number of hydrogen-bond donors (Lipinski definition) is 1. The monoisotopic (exact) mass is 317 g/mol. The summed E-state index contributed by atoms with van der Waals surface area (Å²) in [5.74, 6) is -0.0808. The molecule has 1 aromatic heterocycles. The number of para-hydroxylation sites is 1. The molecule has 2 aromatic rings. The molecule has 0 spiro atoms. The van der Waals surface area contributed by atoms with Crippen LogP contribution in [-0.2, 0) is 4.79 Å². The minimum absolute atomic E-state index is 0.0808. The van der Waals surface area contributed by atoms with Gasteiger partial charge in [-0.1, -0.05) is 23.5 Å². The van der Waals surface area contributed by atoms with Crippen molar-refractivity contribution in [3.05, 3.63) is 24.3 Å². The molecule has 2 aliphatic rings. The van der Waals surface area contributed by atoms with Crippen LogP contribution in [0.4, 0.5) is 5.13 Å². The summed E-state index contributed by atoms with van der Waals surface area (Å²) in [6.45, 7) is 2.89. The highest BCUT2D eigenvalue weighted by molar-refractivity contribution is 7.22. The lowest BCUT2D eigenvalue weighted by Gasteiger charge is -2.42. The van der Waals surface area contributed by atoms with Crippen LogP contribution in [-0.4, -0.2) is 52.7 Å². The van der Waals surface area contributed by atoms with E-state index in [0.29, 0.717) is 25.9 Å². The van der Waals surface area contributed by atoms with Crippen molar-refractivity contribution in [1.82, 2.24) is 9.88 Å². The number of carbonyl (C=O) groups excluding carboxylic acids is 1. The minimum Gasteiger partial charge on any atom is -0.380 e. The lowest BCUT2D eigenvalue weighted by atomic mass is 9.79. The van der Waals surface area contributed by atoms with Gasteiger partial charge in [0.25, 0.3) is 5.91 Å². The summed E-state index contributed by atoms with van der Waals surface area (Å²) in [4.78, 5) is 21.0. The molecule has 5 nitrogen and oxygen atoms in total. The van der Waals surface area contributed by atoms with Crippen LogP contribution in [0.25, 0.3) is 10.2 Å². The van der Waals surface area contributed by atoms with Gasteiger partial charge in [0.05, 0.1) is 10.2 Å². The lowest BCUT2D eigenvalue weighted by molar-refractivity contribution is -0.160. The average molecular weight is 317 g/mol. The zero-order valence-corrected chi connectivity index (χ0v) is 13.2. The first-order valence-corrected chi connectivity index (χ1v) is 8.60. The molecule has 116 valence electrons. The van der Waals surface area contributed by atoms with Crippen molar-refractivity contribution < 1.29 is 9.90 Å². The summed E-state index contributed by atoms with van der Waals surface area (Å²) in [5.41, 5.74) is -0.0392. The van der Waals surface area contributed by atoms with Gasteiger partial charge in [0.1, 0.15) is 5.60 Å². The summed E-state index contributed by atoms with van der Waals surface area (Å²) in [5, 5.41) is 11.2. The fourth-order valence-electron chi connectivity index (χ4n) is 3.12. The topological polar surface area (TPSA) is 56.7 Å². The molecule has 0 bridgehead atoms. The third kappa shape index (κ3) is 2.27. The Morgan fingerprint density at radius 2 is 1.91 bits per heavy atom. The van der Waals surface area contributed by atoms with Gasteiger partial charge >= 0.3 is 0 Å². The maximum Gasteiger partial charge on any atom is 0.254 e. The Bertz CT molecular complexity index is 669. The number of aromatic nitrogens is 1. The van der Waals surface area contributed by atoms with Gasteiger partial charge in [0.15, 0.2) is 5.13 Å². The normalized spacial score (nSPS) is 21.0. The van der Waals surface area contributed by atoms with E-state index in [1.54, 1.807) is 11.3 Å². The molecule has 4 rings (SSSR count). The van der Waals surface area contributed by atoms with Crippen LogP contribution in [0.3, 0.4) is 0 Å². The van der Waals surface area contributed by atoms with Crippen LogP contribution in [0.15, 0.2) is 24.3 Å². The van der Waals surface area contributed by atoms with Crippen molar-refractivity contribution in [3.8, 4) is 0 Å². The molecule has 0 atom stereocenters. The molecule has 1 amide bonds. The number of anilines is 1. The molecular formula is C16H19N3O2S. The summed E-state index contributed by atoms with van der Waals surface area (Å²) in [6.07, 6.45) is 2.18. The molecule has 1 saturated carbocycles. The number of benzene rings is 1. The van der Waals surface area contributed by atoms with Crippen LogP contribution in [0, 0.1) is 0 Å². The summed E-state index contributed by atoms with van der Waals surface area (Å²) in [6, 6.07) is 8.14. The second-order valence-electron chi connectivity index (χ2n) is 6.13. The van der Waals surface area contributed by atoms with Gasteiger partial charge in [0, 0.05) is 26.2 Å². The van der Waals surface area contributed by atoms with Gasteiger partial charge in [0.2, 0.25) is 0 Å². The predicted molar refractivity (Wildman–Crippen MR) is 87.2 cm³/mol. The van der Waals surface area contributed by atoms with E-state index >= 15 is 0 Å². The number of hydrogen-bond acceptors (Lipinski definition) is 5. The summed E-state index contributed by atoms with van der Waals surface area (Å²) < 4.78 is 1.19. The van der Waals surface area contributed by atoms with Crippen LogP contribution < -0.4 is 4.90 Å². The van der Waals surface area contributed by atoms with Crippen LogP contribution in [0.1, 0.15) is 19.3 Å². The van der Waals surface area contributed by atoms with Gasteiger partial charge < -0.3 is 14.9 Å². The SMILES string of the molecule is O=C(N1CCN(c2nc3ccccc3s2)CC1)C1(O)CCC1. The molecule has 1 aromatic carbocycles. The number of rotatable bonds is 2. The molecule has 0 radical (unpaired) electrons. The molecular weight excluding hydrogens is 298 g/mol. The van der Waals surface area contributed by atoms with E-state index < -0.39 is 5.60 Å². The second kappa shape index (κ2) is 5.21. The maximum absolute atomic E-state index is 12.3. The average Bonchev–Trinajstić information content (AvgIpc) is 2.96. The summed E-state index contributed by atoms with van der Waals surface area (Å²) >= 11 is 1.70. The number of thiazole rings is 1. The van der Waals surface area contributed by atoms with Crippen molar-refractivity contribution >= 4 is 32.6 Å². The minimum atomic E-state index is -1.07. The van der Waals surface area contributed by atoms with Crippen molar-refractivity contribution in [3.63, 3.8) is 0 Å². The highest BCUT2D eigenvalue weighted by Gasteiger charge is 2.44.